The predicted octanol–water partition coefficient (Wildman–Crippen LogP) is 2.67. The summed E-state index contributed by atoms with van der Waals surface area (Å²) in [5.41, 5.74) is 9.42. The van der Waals surface area contributed by atoms with Crippen molar-refractivity contribution < 1.29 is 9.53 Å². The van der Waals surface area contributed by atoms with E-state index in [1.807, 2.05) is 0 Å². The summed E-state index contributed by atoms with van der Waals surface area (Å²) in [6, 6.07) is 6.84. The van der Waals surface area contributed by atoms with Crippen LogP contribution < -0.4 is 0 Å². The molecule has 0 saturated carbocycles. The number of nitrogens with zero attached hydrogens (tertiary/aromatic N) is 3. The highest BCUT2D eigenvalue weighted by molar-refractivity contribution is 5.89. The average molecular weight is 205 g/mol. The molecule has 1 rings (SSSR count). The Morgan fingerprint density at radius 3 is 3.07 bits per heavy atom. The van der Waals surface area contributed by atoms with E-state index in [2.05, 4.69) is 10.0 Å². The Kier molecular flexibility index (Phi) is 4.19. The molecule has 0 aromatic heterocycles. The van der Waals surface area contributed by atoms with Crippen LogP contribution in [0.1, 0.15) is 22.8 Å². The number of esters is 1. The molecule has 0 N–H and O–H groups in total. The van der Waals surface area contributed by atoms with Crippen LogP contribution in [-0.2, 0) is 11.3 Å². The molecule has 5 heteroatoms. The Morgan fingerprint density at radius 2 is 2.40 bits per heavy atom. The van der Waals surface area contributed by atoms with Crippen LogP contribution in [0.4, 0.5) is 0 Å². The second-order valence-corrected chi connectivity index (χ2v) is 2.81. The summed E-state index contributed by atoms with van der Waals surface area (Å²) in [5, 5.41) is 3.42. The second kappa shape index (κ2) is 5.67. The zero-order valence-electron chi connectivity index (χ0n) is 8.38. The van der Waals surface area contributed by atoms with Crippen LogP contribution in [0.3, 0.4) is 0 Å². The molecule has 0 unspecified atom stereocenters. The fraction of sp³-hybridized carbons (Fsp3) is 0.300. The molecular weight excluding hydrogens is 194 g/mol. The normalized spacial score (nSPS) is 9.13. The first kappa shape index (κ1) is 11.1. The Balaban J connectivity index is 2.82. The largest absolute Gasteiger partial charge is 0.462 e. The second-order valence-electron chi connectivity index (χ2n) is 2.81. The van der Waals surface area contributed by atoms with Gasteiger partial charge in [0.05, 0.1) is 18.7 Å². The Labute approximate surface area is 87.3 Å². The Hall–Kier alpha value is -2.00. The zero-order valence-corrected chi connectivity index (χ0v) is 8.38. The van der Waals surface area contributed by atoms with Gasteiger partial charge in [0, 0.05) is 4.91 Å². The Bertz CT molecular complexity index is 397. The number of hydrogen-bond acceptors (Lipinski definition) is 3. The summed E-state index contributed by atoms with van der Waals surface area (Å²) in [7, 11) is 0. The third-order valence-corrected chi connectivity index (χ3v) is 1.75. The van der Waals surface area contributed by atoms with Crippen LogP contribution in [0.25, 0.3) is 10.4 Å². The summed E-state index contributed by atoms with van der Waals surface area (Å²) >= 11 is 0. The monoisotopic (exact) mass is 205 g/mol. The van der Waals surface area contributed by atoms with Crippen molar-refractivity contribution in [2.24, 2.45) is 5.11 Å². The lowest BCUT2D eigenvalue weighted by Crippen LogP contribution is -2.04. The summed E-state index contributed by atoms with van der Waals surface area (Å²) in [4.78, 5) is 14.0. The first-order chi connectivity index (χ1) is 7.27. The van der Waals surface area contributed by atoms with Crippen molar-refractivity contribution in [2.75, 3.05) is 6.61 Å². The van der Waals surface area contributed by atoms with Crippen molar-refractivity contribution in [2.45, 2.75) is 13.5 Å². The number of azide groups is 1. The molecule has 0 radical (unpaired) electrons. The van der Waals surface area contributed by atoms with E-state index in [-0.39, 0.29) is 12.5 Å². The van der Waals surface area contributed by atoms with Crippen LogP contribution in [0.5, 0.6) is 0 Å². The van der Waals surface area contributed by atoms with E-state index in [0.29, 0.717) is 12.2 Å². The smallest absolute Gasteiger partial charge is 0.338 e. The minimum Gasteiger partial charge on any atom is -0.462 e. The molecule has 0 amide bonds. The van der Waals surface area contributed by atoms with Crippen molar-refractivity contribution >= 4 is 5.97 Å². The van der Waals surface area contributed by atoms with Crippen molar-refractivity contribution in [1.82, 2.24) is 0 Å². The summed E-state index contributed by atoms with van der Waals surface area (Å²) in [6.07, 6.45) is 0. The number of carbonyl (C=O) groups excluding carboxylic acids is 1. The fourth-order valence-corrected chi connectivity index (χ4v) is 1.12. The van der Waals surface area contributed by atoms with Gasteiger partial charge < -0.3 is 4.74 Å². The van der Waals surface area contributed by atoms with E-state index in [1.165, 1.54) is 0 Å². The number of ether oxygens (including phenoxy) is 1. The molecule has 0 aliphatic heterocycles. The van der Waals surface area contributed by atoms with Gasteiger partial charge in [-0.15, -0.1) is 0 Å². The average Bonchev–Trinajstić information content (AvgIpc) is 2.27. The molecule has 0 saturated heterocycles. The van der Waals surface area contributed by atoms with Crippen LogP contribution >= 0.6 is 0 Å². The van der Waals surface area contributed by atoms with E-state index >= 15 is 0 Å². The van der Waals surface area contributed by atoms with Gasteiger partial charge in [0.2, 0.25) is 0 Å². The van der Waals surface area contributed by atoms with Gasteiger partial charge in [0.25, 0.3) is 0 Å². The molecule has 15 heavy (non-hydrogen) atoms. The molecule has 1 aromatic carbocycles. The molecule has 78 valence electrons. The summed E-state index contributed by atoms with van der Waals surface area (Å²) in [5.74, 6) is -0.361. The van der Waals surface area contributed by atoms with Gasteiger partial charge in [-0.2, -0.15) is 0 Å². The van der Waals surface area contributed by atoms with Crippen molar-refractivity contribution in [1.29, 1.82) is 0 Å². The number of hydrogen-bond donors (Lipinski definition) is 0. The van der Waals surface area contributed by atoms with E-state index in [4.69, 9.17) is 10.3 Å². The van der Waals surface area contributed by atoms with Gasteiger partial charge in [-0.1, -0.05) is 17.2 Å². The number of rotatable bonds is 4. The third kappa shape index (κ3) is 3.32. The fourth-order valence-electron chi connectivity index (χ4n) is 1.12. The quantitative estimate of drug-likeness (QED) is 0.328. The molecular formula is C10H11N3O2. The minimum atomic E-state index is -0.361. The number of carbonyl (C=O) groups is 1. The van der Waals surface area contributed by atoms with Crippen molar-refractivity contribution in [3.63, 3.8) is 0 Å². The maximum Gasteiger partial charge on any atom is 0.338 e. The predicted molar refractivity (Wildman–Crippen MR) is 55.2 cm³/mol. The molecule has 1 aromatic rings. The van der Waals surface area contributed by atoms with Gasteiger partial charge in [-0.3, -0.25) is 0 Å². The highest BCUT2D eigenvalue weighted by Crippen LogP contribution is 2.08. The number of benzene rings is 1. The summed E-state index contributed by atoms with van der Waals surface area (Å²) < 4.78 is 4.85. The zero-order chi connectivity index (χ0) is 11.1. The summed E-state index contributed by atoms with van der Waals surface area (Å²) in [6.45, 7) is 2.34. The molecule has 0 heterocycles. The molecule has 0 aliphatic carbocycles. The highest BCUT2D eigenvalue weighted by atomic mass is 16.5. The lowest BCUT2D eigenvalue weighted by molar-refractivity contribution is 0.0526. The molecule has 0 aliphatic rings. The van der Waals surface area contributed by atoms with E-state index in [9.17, 15) is 4.79 Å². The van der Waals surface area contributed by atoms with Crippen LogP contribution in [0.15, 0.2) is 29.4 Å². The van der Waals surface area contributed by atoms with Crippen molar-refractivity contribution in [3.8, 4) is 0 Å². The van der Waals surface area contributed by atoms with Crippen molar-refractivity contribution in [3.05, 3.63) is 45.8 Å². The molecule has 5 nitrogen and oxygen atoms in total. The van der Waals surface area contributed by atoms with Crippen LogP contribution in [0.2, 0.25) is 0 Å². The van der Waals surface area contributed by atoms with E-state index in [0.717, 1.165) is 5.56 Å². The standard InChI is InChI=1S/C10H11N3O2/c1-2-15-10(14)9-5-3-4-8(6-9)7-12-13-11/h3-6H,2,7H2,1H3. The first-order valence-electron chi connectivity index (χ1n) is 4.55. The topological polar surface area (TPSA) is 75.1 Å². The van der Waals surface area contributed by atoms with E-state index in [1.54, 1.807) is 31.2 Å². The maximum atomic E-state index is 11.3. The molecule has 0 bridgehead atoms. The first-order valence-corrected chi connectivity index (χ1v) is 4.55. The SMILES string of the molecule is CCOC(=O)c1cccc(CN=[N+]=[N-])c1. The Morgan fingerprint density at radius 1 is 1.60 bits per heavy atom. The van der Waals surface area contributed by atoms with Gasteiger partial charge >= 0.3 is 5.97 Å². The van der Waals surface area contributed by atoms with Gasteiger partial charge in [-0.25, -0.2) is 4.79 Å². The highest BCUT2D eigenvalue weighted by Gasteiger charge is 2.05. The maximum absolute atomic E-state index is 11.3. The minimum absolute atomic E-state index is 0.240. The lowest BCUT2D eigenvalue weighted by Gasteiger charge is -2.02. The van der Waals surface area contributed by atoms with Crippen LogP contribution in [0, 0.1) is 0 Å². The molecule has 0 fully saturated rings. The third-order valence-electron chi connectivity index (χ3n) is 1.75. The lowest BCUT2D eigenvalue weighted by atomic mass is 10.1. The molecule has 0 atom stereocenters. The van der Waals surface area contributed by atoms with Gasteiger partial charge in [-0.05, 0) is 30.2 Å². The van der Waals surface area contributed by atoms with Crippen LogP contribution in [-0.4, -0.2) is 12.6 Å². The van der Waals surface area contributed by atoms with Gasteiger partial charge in [0.15, 0.2) is 0 Å². The van der Waals surface area contributed by atoms with E-state index < -0.39 is 0 Å². The molecule has 0 spiro atoms. The van der Waals surface area contributed by atoms with Gasteiger partial charge in [0.1, 0.15) is 0 Å².